The first-order chi connectivity index (χ1) is 20.8. The van der Waals surface area contributed by atoms with Crippen LogP contribution in [0.5, 0.6) is 0 Å². The van der Waals surface area contributed by atoms with Gasteiger partial charge in [0.1, 0.15) is 0 Å². The molecule has 248 valence electrons. The van der Waals surface area contributed by atoms with Gasteiger partial charge in [-0.15, -0.1) is 0 Å². The summed E-state index contributed by atoms with van der Waals surface area (Å²) >= 11 is 0. The molecule has 2 rings (SSSR count). The van der Waals surface area contributed by atoms with E-state index in [2.05, 4.69) is 51.1 Å². The third-order valence-corrected chi connectivity index (χ3v) is 8.81. The number of non-ortho nitro benzene ring substituents is 1. The molecule has 1 unspecified atom stereocenters. The van der Waals surface area contributed by atoms with E-state index in [1.54, 1.807) is 0 Å². The van der Waals surface area contributed by atoms with Crippen molar-refractivity contribution in [2.45, 2.75) is 134 Å². The first kappa shape index (κ1) is 39.1. The van der Waals surface area contributed by atoms with Crippen molar-refractivity contribution < 1.29 is 22.8 Å². The van der Waals surface area contributed by atoms with Gasteiger partial charge < -0.3 is 5.73 Å². The molecule has 0 fully saturated rings. The normalized spacial score (nSPS) is 12.3. The fourth-order valence-electron chi connectivity index (χ4n) is 5.20. The van der Waals surface area contributed by atoms with Crippen LogP contribution in [0.25, 0.3) is 0 Å². The van der Waals surface area contributed by atoms with E-state index < -0.39 is 36.2 Å². The molecule has 44 heavy (non-hydrogen) atoms. The highest BCUT2D eigenvalue weighted by molar-refractivity contribution is 7.86. The lowest BCUT2D eigenvalue weighted by Crippen LogP contribution is -2.42. The van der Waals surface area contributed by atoms with Crippen molar-refractivity contribution in [3.05, 3.63) is 74.3 Å². The third kappa shape index (κ3) is 16.8. The number of hydrogen-bond donors (Lipinski definition) is 2. The lowest BCUT2D eigenvalue weighted by atomic mass is 9.80. The van der Waals surface area contributed by atoms with Crippen LogP contribution >= 0.6 is 0 Å². The number of rotatable bonds is 21. The summed E-state index contributed by atoms with van der Waals surface area (Å²) in [7, 11) is -4.79. The van der Waals surface area contributed by atoms with Crippen LogP contribution in [0.15, 0.2) is 53.4 Å². The van der Waals surface area contributed by atoms with Crippen LogP contribution < -0.4 is 5.73 Å². The van der Waals surface area contributed by atoms with E-state index in [1.807, 2.05) is 0 Å². The van der Waals surface area contributed by atoms with Crippen molar-refractivity contribution in [1.82, 2.24) is 0 Å². The summed E-state index contributed by atoms with van der Waals surface area (Å²) in [5, 5.41) is 20.8. The average molecular weight is 636 g/mol. The molecule has 0 heterocycles. The van der Waals surface area contributed by atoms with E-state index in [0.717, 1.165) is 12.5 Å². The van der Waals surface area contributed by atoms with Gasteiger partial charge in [-0.05, 0) is 44.2 Å². The molecule has 2 aromatic rings. The van der Waals surface area contributed by atoms with Crippen molar-refractivity contribution >= 4 is 21.5 Å². The second-order valence-corrected chi connectivity index (χ2v) is 13.6. The standard InChI is InChI=1S/C27H49N.C6H4N2O7S/c1-4-5-6-7-8-9-10-11-12-13-14-15-16-20-23-26(27(2,3)28)24-25-21-18-17-19-22-25;9-7(10)4-1-2-6(16(13,14)15)5(3-4)8(11)12/h17-19,21-22,26H,4-16,20,23-24,28H2,1-3H3;1-3H,(H,13,14,15). The molecule has 2 aromatic carbocycles. The van der Waals surface area contributed by atoms with Crippen molar-refractivity contribution in [3.63, 3.8) is 0 Å². The number of nitro benzene ring substituents is 2. The highest BCUT2D eigenvalue weighted by Crippen LogP contribution is 2.28. The minimum absolute atomic E-state index is 0.0909. The summed E-state index contributed by atoms with van der Waals surface area (Å²) in [4.78, 5) is 17.7. The molecule has 0 aliphatic rings. The van der Waals surface area contributed by atoms with Gasteiger partial charge in [0, 0.05) is 11.6 Å². The summed E-state index contributed by atoms with van der Waals surface area (Å²) < 4.78 is 30.1. The highest BCUT2D eigenvalue weighted by Gasteiger charge is 2.27. The van der Waals surface area contributed by atoms with Crippen LogP contribution in [0.4, 0.5) is 11.4 Å². The Hall–Kier alpha value is -2.89. The van der Waals surface area contributed by atoms with Crippen LogP contribution in [0, 0.1) is 26.1 Å². The van der Waals surface area contributed by atoms with Gasteiger partial charge >= 0.3 is 10.1 Å². The lowest BCUT2D eigenvalue weighted by molar-refractivity contribution is -0.396. The molecular formula is C33H53N3O7S. The number of benzene rings is 2. The Morgan fingerprint density at radius 3 is 1.66 bits per heavy atom. The molecule has 0 amide bonds. The minimum atomic E-state index is -4.79. The van der Waals surface area contributed by atoms with E-state index in [-0.39, 0.29) is 5.54 Å². The quantitative estimate of drug-likeness (QED) is 0.0592. The Morgan fingerprint density at radius 2 is 1.25 bits per heavy atom. The molecular weight excluding hydrogens is 582 g/mol. The number of nitro groups is 2. The first-order valence-electron chi connectivity index (χ1n) is 16.0. The Labute approximate surface area is 263 Å². The Bertz CT molecular complexity index is 1220. The monoisotopic (exact) mass is 635 g/mol. The molecule has 10 nitrogen and oxygen atoms in total. The van der Waals surface area contributed by atoms with Gasteiger partial charge in [0.15, 0.2) is 4.90 Å². The smallest absolute Gasteiger partial charge is 0.301 e. The number of nitrogens with zero attached hydrogens (tertiary/aromatic N) is 2. The van der Waals surface area contributed by atoms with Crippen molar-refractivity contribution in [3.8, 4) is 0 Å². The molecule has 1 atom stereocenters. The fourth-order valence-corrected chi connectivity index (χ4v) is 5.84. The highest BCUT2D eigenvalue weighted by atomic mass is 32.2. The van der Waals surface area contributed by atoms with Crippen molar-refractivity contribution in [1.29, 1.82) is 0 Å². The first-order valence-corrected chi connectivity index (χ1v) is 17.4. The van der Waals surface area contributed by atoms with E-state index in [4.69, 9.17) is 10.3 Å². The molecule has 0 aliphatic carbocycles. The Kier molecular flexibility index (Phi) is 18.6. The van der Waals surface area contributed by atoms with E-state index >= 15 is 0 Å². The van der Waals surface area contributed by atoms with Gasteiger partial charge in [0.05, 0.1) is 15.9 Å². The Morgan fingerprint density at radius 1 is 0.773 bits per heavy atom. The van der Waals surface area contributed by atoms with Crippen LogP contribution in [0.3, 0.4) is 0 Å². The lowest BCUT2D eigenvalue weighted by Gasteiger charge is -2.31. The molecule has 0 radical (unpaired) electrons. The second-order valence-electron chi connectivity index (χ2n) is 12.2. The zero-order valence-electron chi connectivity index (χ0n) is 26.8. The molecule has 0 aliphatic heterocycles. The van der Waals surface area contributed by atoms with Gasteiger partial charge in [-0.2, -0.15) is 8.42 Å². The van der Waals surface area contributed by atoms with E-state index in [9.17, 15) is 28.6 Å². The molecule has 3 N–H and O–H groups in total. The third-order valence-electron chi connectivity index (χ3n) is 7.91. The summed E-state index contributed by atoms with van der Waals surface area (Å²) in [5.41, 5.74) is 6.13. The predicted molar refractivity (Wildman–Crippen MR) is 176 cm³/mol. The number of hydrogen-bond acceptors (Lipinski definition) is 7. The summed E-state index contributed by atoms with van der Waals surface area (Å²) in [6.45, 7) is 6.69. The van der Waals surface area contributed by atoms with E-state index in [0.29, 0.717) is 18.1 Å². The summed E-state index contributed by atoms with van der Waals surface area (Å²) in [5.74, 6) is 0.576. The van der Waals surface area contributed by atoms with Crippen molar-refractivity contribution in [2.24, 2.45) is 11.7 Å². The largest absolute Gasteiger partial charge is 0.325 e. The van der Waals surface area contributed by atoms with Gasteiger partial charge in [-0.3, -0.25) is 24.8 Å². The Balaban J connectivity index is 0.000000511. The van der Waals surface area contributed by atoms with Crippen LogP contribution in [-0.2, 0) is 16.5 Å². The predicted octanol–water partition coefficient (Wildman–Crippen LogP) is 9.20. The molecule has 0 saturated carbocycles. The molecule has 0 spiro atoms. The van der Waals surface area contributed by atoms with Crippen LogP contribution in [0.1, 0.15) is 123 Å². The SMILES string of the molecule is CCCCCCCCCCCCCCCCC(Cc1ccccc1)C(C)(C)N.O=[N+]([O-])c1ccc(S(=O)(=O)O)c([N+](=O)[O-])c1. The van der Waals surface area contributed by atoms with Gasteiger partial charge in [-0.1, -0.05) is 127 Å². The average Bonchev–Trinajstić information content (AvgIpc) is 2.96. The van der Waals surface area contributed by atoms with Gasteiger partial charge in [-0.25, -0.2) is 0 Å². The number of unbranched alkanes of at least 4 members (excludes halogenated alkanes) is 13. The zero-order chi connectivity index (χ0) is 33.0. The fraction of sp³-hybridized carbons (Fsp3) is 0.636. The molecule has 0 saturated heterocycles. The summed E-state index contributed by atoms with van der Waals surface area (Å²) in [6, 6.07) is 12.7. The maximum Gasteiger partial charge on any atom is 0.301 e. The van der Waals surface area contributed by atoms with Crippen molar-refractivity contribution in [2.75, 3.05) is 0 Å². The van der Waals surface area contributed by atoms with Gasteiger partial charge in [0.2, 0.25) is 0 Å². The van der Waals surface area contributed by atoms with E-state index in [1.165, 1.54) is 102 Å². The number of nitrogens with two attached hydrogens (primary N) is 1. The van der Waals surface area contributed by atoms with Gasteiger partial charge in [0.25, 0.3) is 11.4 Å². The maximum atomic E-state index is 10.7. The molecule has 11 heteroatoms. The van der Waals surface area contributed by atoms with Crippen LogP contribution in [0.2, 0.25) is 0 Å². The second kappa shape index (κ2) is 21.0. The van der Waals surface area contributed by atoms with Crippen LogP contribution in [-0.4, -0.2) is 28.4 Å². The molecule has 0 aromatic heterocycles. The minimum Gasteiger partial charge on any atom is -0.325 e. The summed E-state index contributed by atoms with van der Waals surface area (Å²) in [6.07, 6.45) is 22.3. The maximum absolute atomic E-state index is 10.7. The topological polar surface area (TPSA) is 167 Å². The molecule has 0 bridgehead atoms. The zero-order valence-corrected chi connectivity index (χ0v) is 27.6.